The molecule has 2 nitrogen and oxygen atoms in total. The van der Waals surface area contributed by atoms with Crippen LogP contribution in [0.2, 0.25) is 15.1 Å². The summed E-state index contributed by atoms with van der Waals surface area (Å²) in [5.41, 5.74) is 3.34. The van der Waals surface area contributed by atoms with Crippen LogP contribution < -0.4 is 5.32 Å². The van der Waals surface area contributed by atoms with Gasteiger partial charge in [0.1, 0.15) is 0 Å². The lowest BCUT2D eigenvalue weighted by Crippen LogP contribution is -2.37. The predicted molar refractivity (Wildman–Crippen MR) is 93.4 cm³/mol. The van der Waals surface area contributed by atoms with Crippen LogP contribution in [0.1, 0.15) is 41.5 Å². The summed E-state index contributed by atoms with van der Waals surface area (Å²) in [6, 6.07) is 11.5. The molecule has 118 valence electrons. The van der Waals surface area contributed by atoms with Crippen molar-refractivity contribution in [3.8, 4) is 0 Å². The highest BCUT2D eigenvalue weighted by Crippen LogP contribution is 2.53. The van der Waals surface area contributed by atoms with E-state index >= 15 is 0 Å². The zero-order valence-electron chi connectivity index (χ0n) is 12.2. The maximum atomic E-state index is 11.9. The zero-order chi connectivity index (χ0) is 16.1. The first kappa shape index (κ1) is 15.3. The molecule has 0 aromatic heterocycles. The van der Waals surface area contributed by atoms with E-state index in [1.807, 2.05) is 30.3 Å². The molecule has 1 aliphatic carbocycles. The van der Waals surface area contributed by atoms with Crippen molar-refractivity contribution in [2.45, 2.75) is 24.8 Å². The van der Waals surface area contributed by atoms with Gasteiger partial charge in [0, 0.05) is 27.4 Å². The minimum atomic E-state index is 0.0280. The first-order valence-electron chi connectivity index (χ1n) is 7.58. The summed E-state index contributed by atoms with van der Waals surface area (Å²) in [5.74, 6) is 0.522. The second-order valence-corrected chi connectivity index (χ2v) is 7.44. The number of piperidine rings is 1. The molecule has 1 aliphatic heterocycles. The van der Waals surface area contributed by atoms with Gasteiger partial charge in [0.2, 0.25) is 5.91 Å². The molecular weight excluding hydrogens is 353 g/mol. The summed E-state index contributed by atoms with van der Waals surface area (Å²) in [6.07, 6.45) is 1.39. The number of rotatable bonds is 1. The van der Waals surface area contributed by atoms with Crippen LogP contribution in [0.4, 0.5) is 0 Å². The van der Waals surface area contributed by atoms with Gasteiger partial charge in [0.05, 0.1) is 6.04 Å². The molecule has 2 aromatic rings. The first-order chi connectivity index (χ1) is 11.0. The molecule has 0 spiro atoms. The van der Waals surface area contributed by atoms with Gasteiger partial charge in [-0.15, -0.1) is 0 Å². The van der Waals surface area contributed by atoms with E-state index in [4.69, 9.17) is 34.8 Å². The number of nitrogens with one attached hydrogen (secondary N) is 1. The van der Waals surface area contributed by atoms with E-state index in [2.05, 4.69) is 5.32 Å². The minimum Gasteiger partial charge on any atom is -0.349 e. The van der Waals surface area contributed by atoms with Gasteiger partial charge < -0.3 is 5.32 Å². The van der Waals surface area contributed by atoms with Crippen molar-refractivity contribution < 1.29 is 4.79 Å². The number of fused-ring (bicyclic) bond motifs is 3. The number of amides is 1. The molecule has 2 aliphatic rings. The lowest BCUT2D eigenvalue weighted by atomic mass is 9.80. The molecule has 2 aromatic carbocycles. The molecule has 1 N–H and O–H groups in total. The second kappa shape index (κ2) is 5.70. The Bertz CT molecular complexity index is 805. The summed E-state index contributed by atoms with van der Waals surface area (Å²) in [7, 11) is 0. The molecule has 5 heteroatoms. The predicted octanol–water partition coefficient (Wildman–Crippen LogP) is 5.36. The third kappa shape index (κ3) is 2.53. The van der Waals surface area contributed by atoms with E-state index < -0.39 is 0 Å². The third-order valence-electron chi connectivity index (χ3n) is 4.89. The number of carbonyl (C=O) groups excluding carboxylic acids is 1. The van der Waals surface area contributed by atoms with Crippen molar-refractivity contribution in [1.29, 1.82) is 0 Å². The van der Waals surface area contributed by atoms with Crippen molar-refractivity contribution in [3.05, 3.63) is 68.2 Å². The molecule has 0 saturated carbocycles. The van der Waals surface area contributed by atoms with Gasteiger partial charge in [-0.05, 0) is 53.3 Å². The summed E-state index contributed by atoms with van der Waals surface area (Å²) < 4.78 is 0. The molecule has 3 unspecified atom stereocenters. The molecule has 23 heavy (non-hydrogen) atoms. The Labute approximate surface area is 149 Å². The SMILES string of the molecule is O=C1CCC2C(N1)c1ccc(Cl)cc1C2c1ccc(Cl)cc1Cl. The quantitative estimate of drug-likeness (QED) is 0.723. The van der Waals surface area contributed by atoms with Gasteiger partial charge in [-0.1, -0.05) is 46.9 Å². The fourth-order valence-corrected chi connectivity index (χ4v) is 4.67. The highest BCUT2D eigenvalue weighted by atomic mass is 35.5. The third-order valence-corrected chi connectivity index (χ3v) is 5.69. The number of benzene rings is 2. The molecule has 0 bridgehead atoms. The van der Waals surface area contributed by atoms with Crippen molar-refractivity contribution >= 4 is 40.7 Å². The minimum absolute atomic E-state index is 0.0280. The van der Waals surface area contributed by atoms with E-state index in [1.165, 1.54) is 0 Å². The van der Waals surface area contributed by atoms with Crippen LogP contribution in [-0.2, 0) is 4.79 Å². The average Bonchev–Trinajstić information content (AvgIpc) is 2.80. The van der Waals surface area contributed by atoms with Crippen molar-refractivity contribution in [2.24, 2.45) is 5.92 Å². The van der Waals surface area contributed by atoms with Crippen LogP contribution in [0.15, 0.2) is 36.4 Å². The number of halogens is 3. The number of hydrogen-bond acceptors (Lipinski definition) is 1. The highest BCUT2D eigenvalue weighted by Gasteiger charge is 2.44. The van der Waals surface area contributed by atoms with Gasteiger partial charge in [-0.25, -0.2) is 0 Å². The standard InChI is InChI=1S/C18H14Cl3NO/c19-9-1-3-11-14(7-9)17(12-4-2-10(20)8-15(12)21)13-5-6-16(23)22-18(11)13/h1-4,7-8,13,17-18H,5-6H2,(H,22,23). The Morgan fingerprint density at radius 2 is 1.61 bits per heavy atom. The van der Waals surface area contributed by atoms with E-state index in [1.54, 1.807) is 6.07 Å². The normalized spacial score (nSPS) is 25.7. The summed E-state index contributed by atoms with van der Waals surface area (Å²) in [4.78, 5) is 11.9. The Morgan fingerprint density at radius 1 is 0.913 bits per heavy atom. The zero-order valence-corrected chi connectivity index (χ0v) is 14.4. The lowest BCUT2D eigenvalue weighted by Gasteiger charge is -2.31. The molecule has 0 radical (unpaired) electrons. The van der Waals surface area contributed by atoms with Crippen LogP contribution in [0.3, 0.4) is 0 Å². The maximum absolute atomic E-state index is 11.9. The summed E-state index contributed by atoms with van der Waals surface area (Å²) >= 11 is 18.7. The Hall–Kier alpha value is -1.22. The van der Waals surface area contributed by atoms with Gasteiger partial charge in [-0.3, -0.25) is 4.79 Å². The highest BCUT2D eigenvalue weighted by molar-refractivity contribution is 6.35. The molecule has 1 fully saturated rings. The summed E-state index contributed by atoms with van der Waals surface area (Å²) in [5, 5.41) is 5.11. The fraction of sp³-hybridized carbons (Fsp3) is 0.278. The van der Waals surface area contributed by atoms with Gasteiger partial charge in [0.15, 0.2) is 0 Å². The van der Waals surface area contributed by atoms with Crippen LogP contribution in [0, 0.1) is 5.92 Å². The molecule has 1 saturated heterocycles. The van der Waals surface area contributed by atoms with E-state index in [-0.39, 0.29) is 17.9 Å². The molecular formula is C18H14Cl3NO. The Morgan fingerprint density at radius 3 is 2.35 bits per heavy atom. The van der Waals surface area contributed by atoms with Crippen LogP contribution in [-0.4, -0.2) is 5.91 Å². The number of hydrogen-bond donors (Lipinski definition) is 1. The molecule has 1 amide bonds. The Balaban J connectivity index is 1.88. The van der Waals surface area contributed by atoms with E-state index in [0.717, 1.165) is 23.1 Å². The van der Waals surface area contributed by atoms with Crippen LogP contribution in [0.25, 0.3) is 0 Å². The second-order valence-electron chi connectivity index (χ2n) is 6.16. The van der Waals surface area contributed by atoms with Crippen LogP contribution in [0.5, 0.6) is 0 Å². The van der Waals surface area contributed by atoms with Crippen LogP contribution >= 0.6 is 34.8 Å². The maximum Gasteiger partial charge on any atom is 0.220 e. The summed E-state index contributed by atoms with van der Waals surface area (Å²) in [6.45, 7) is 0. The topological polar surface area (TPSA) is 29.1 Å². The van der Waals surface area contributed by atoms with Gasteiger partial charge in [-0.2, -0.15) is 0 Å². The fourth-order valence-electron chi connectivity index (χ4n) is 3.97. The molecule has 3 atom stereocenters. The van der Waals surface area contributed by atoms with E-state index in [0.29, 0.717) is 27.4 Å². The molecule has 1 heterocycles. The average molecular weight is 367 g/mol. The lowest BCUT2D eigenvalue weighted by molar-refractivity contribution is -0.124. The van der Waals surface area contributed by atoms with Crippen molar-refractivity contribution in [1.82, 2.24) is 5.32 Å². The van der Waals surface area contributed by atoms with Gasteiger partial charge in [0.25, 0.3) is 0 Å². The largest absolute Gasteiger partial charge is 0.349 e. The number of carbonyl (C=O) groups is 1. The first-order valence-corrected chi connectivity index (χ1v) is 8.71. The van der Waals surface area contributed by atoms with E-state index in [9.17, 15) is 4.79 Å². The Kier molecular flexibility index (Phi) is 3.79. The smallest absolute Gasteiger partial charge is 0.220 e. The van der Waals surface area contributed by atoms with Crippen molar-refractivity contribution in [2.75, 3.05) is 0 Å². The van der Waals surface area contributed by atoms with Gasteiger partial charge >= 0.3 is 0 Å². The van der Waals surface area contributed by atoms with Crippen molar-refractivity contribution in [3.63, 3.8) is 0 Å². The molecule has 4 rings (SSSR count). The monoisotopic (exact) mass is 365 g/mol.